The summed E-state index contributed by atoms with van der Waals surface area (Å²) >= 11 is 0. The number of hydrogen-bond acceptors (Lipinski definition) is 1. The van der Waals surface area contributed by atoms with Crippen molar-refractivity contribution in [2.75, 3.05) is 0 Å². The molecule has 2 aromatic carbocycles. The smallest absolute Gasteiger partial charge is 0.0636 e. The number of benzene rings is 2. The summed E-state index contributed by atoms with van der Waals surface area (Å²) in [6.45, 7) is 0. The fraction of sp³-hybridized carbons (Fsp3) is 0.286. The fourth-order valence-electron chi connectivity index (χ4n) is 3.52. The molecule has 1 fully saturated rings. The van der Waals surface area contributed by atoms with Gasteiger partial charge in [-0.05, 0) is 41.8 Å². The predicted octanol–water partition coefficient (Wildman–Crippen LogP) is 5.90. The van der Waals surface area contributed by atoms with Crippen molar-refractivity contribution in [3.8, 4) is 0 Å². The van der Waals surface area contributed by atoms with E-state index in [1.54, 1.807) is 0 Å². The highest BCUT2D eigenvalue weighted by Crippen LogP contribution is 2.28. The van der Waals surface area contributed by atoms with Gasteiger partial charge in [0.1, 0.15) is 0 Å². The maximum Gasteiger partial charge on any atom is 0.0636 e. The van der Waals surface area contributed by atoms with Gasteiger partial charge in [-0.25, -0.2) is 0 Å². The van der Waals surface area contributed by atoms with Crippen LogP contribution in [-0.4, -0.2) is 10.8 Å². The number of fused-ring (bicyclic) bond motifs is 1. The monoisotopic (exact) mass is 302 g/mol. The number of nitrogens with zero attached hydrogens (tertiary/aromatic N) is 2. The van der Waals surface area contributed by atoms with Crippen molar-refractivity contribution in [3.05, 3.63) is 66.5 Å². The maximum atomic E-state index is 4.65. The summed E-state index contributed by atoms with van der Waals surface area (Å²) in [5.74, 6) is 0. The molecule has 1 aromatic heterocycles. The number of aromatic nitrogens is 1. The molecule has 0 aliphatic heterocycles. The minimum absolute atomic E-state index is 0.687. The second-order valence-electron chi connectivity index (χ2n) is 6.47. The van der Waals surface area contributed by atoms with E-state index in [-0.39, 0.29) is 0 Å². The third-order valence-electron chi connectivity index (χ3n) is 4.83. The summed E-state index contributed by atoms with van der Waals surface area (Å²) in [7, 11) is 0. The molecule has 1 saturated carbocycles. The van der Waals surface area contributed by atoms with Crippen LogP contribution in [0, 0.1) is 0 Å². The van der Waals surface area contributed by atoms with Crippen LogP contribution >= 0.6 is 0 Å². The van der Waals surface area contributed by atoms with Crippen LogP contribution in [0.3, 0.4) is 0 Å². The first kappa shape index (κ1) is 14.3. The van der Waals surface area contributed by atoms with Gasteiger partial charge >= 0.3 is 0 Å². The average Bonchev–Trinajstić information content (AvgIpc) is 3.10. The SMILES string of the molecule is C(=Nc1ccc2ccccc2c1)c1ccn(C2CCCCC2)c1. The van der Waals surface area contributed by atoms with Gasteiger partial charge in [-0.3, -0.25) is 4.99 Å². The largest absolute Gasteiger partial charge is 0.351 e. The van der Waals surface area contributed by atoms with Crippen molar-refractivity contribution in [2.45, 2.75) is 38.1 Å². The molecule has 116 valence electrons. The number of hydrogen-bond donors (Lipinski definition) is 0. The number of rotatable bonds is 3. The van der Waals surface area contributed by atoms with Crippen molar-refractivity contribution in [1.29, 1.82) is 0 Å². The molecular formula is C21H22N2. The van der Waals surface area contributed by atoms with E-state index in [4.69, 9.17) is 0 Å². The van der Waals surface area contributed by atoms with Gasteiger partial charge in [-0.2, -0.15) is 0 Å². The first-order valence-corrected chi connectivity index (χ1v) is 8.59. The molecule has 23 heavy (non-hydrogen) atoms. The van der Waals surface area contributed by atoms with E-state index in [9.17, 15) is 0 Å². The first-order chi connectivity index (χ1) is 11.4. The molecule has 0 N–H and O–H groups in total. The van der Waals surface area contributed by atoms with Gasteiger partial charge < -0.3 is 4.57 Å². The molecule has 0 spiro atoms. The Labute approximate surface area is 137 Å². The zero-order valence-electron chi connectivity index (χ0n) is 13.4. The molecule has 3 aromatic rings. The normalized spacial score (nSPS) is 16.3. The summed E-state index contributed by atoms with van der Waals surface area (Å²) < 4.78 is 2.38. The molecule has 0 saturated heterocycles. The third kappa shape index (κ3) is 3.21. The van der Waals surface area contributed by atoms with Gasteiger partial charge in [0.2, 0.25) is 0 Å². The highest BCUT2D eigenvalue weighted by atomic mass is 15.0. The van der Waals surface area contributed by atoms with E-state index >= 15 is 0 Å². The molecule has 0 radical (unpaired) electrons. The molecule has 0 atom stereocenters. The van der Waals surface area contributed by atoms with Crippen LogP contribution in [0.25, 0.3) is 10.8 Å². The lowest BCUT2D eigenvalue weighted by Gasteiger charge is -2.23. The van der Waals surface area contributed by atoms with Gasteiger partial charge in [-0.1, -0.05) is 49.6 Å². The Kier molecular flexibility index (Phi) is 3.97. The molecule has 0 bridgehead atoms. The number of aliphatic imine (C=N–C) groups is 1. The van der Waals surface area contributed by atoms with Crippen molar-refractivity contribution in [3.63, 3.8) is 0 Å². The summed E-state index contributed by atoms with van der Waals surface area (Å²) in [6, 6.07) is 17.6. The molecule has 1 aliphatic rings. The second-order valence-corrected chi connectivity index (χ2v) is 6.47. The molecule has 0 unspecified atom stereocenters. The minimum Gasteiger partial charge on any atom is -0.351 e. The summed E-state index contributed by atoms with van der Waals surface area (Å²) in [5.41, 5.74) is 2.19. The van der Waals surface area contributed by atoms with E-state index in [0.717, 1.165) is 5.69 Å². The Balaban J connectivity index is 1.52. The highest BCUT2D eigenvalue weighted by Gasteiger charge is 2.14. The average molecular weight is 302 g/mol. The van der Waals surface area contributed by atoms with Crippen molar-refractivity contribution >= 4 is 22.7 Å². The van der Waals surface area contributed by atoms with Crippen LogP contribution in [0.1, 0.15) is 43.7 Å². The van der Waals surface area contributed by atoms with E-state index in [2.05, 4.69) is 70.5 Å². The maximum absolute atomic E-state index is 4.65. The molecular weight excluding hydrogens is 280 g/mol. The minimum atomic E-state index is 0.687. The van der Waals surface area contributed by atoms with Crippen LogP contribution in [0.5, 0.6) is 0 Å². The lowest BCUT2D eigenvalue weighted by Crippen LogP contribution is -2.10. The molecule has 2 heteroatoms. The lowest BCUT2D eigenvalue weighted by molar-refractivity contribution is 0.354. The van der Waals surface area contributed by atoms with E-state index in [0.29, 0.717) is 6.04 Å². The highest BCUT2D eigenvalue weighted by molar-refractivity contribution is 5.87. The first-order valence-electron chi connectivity index (χ1n) is 8.59. The molecule has 1 heterocycles. The van der Waals surface area contributed by atoms with Crippen LogP contribution in [0.2, 0.25) is 0 Å². The molecule has 2 nitrogen and oxygen atoms in total. The zero-order valence-corrected chi connectivity index (χ0v) is 13.4. The van der Waals surface area contributed by atoms with Crippen LogP contribution < -0.4 is 0 Å². The van der Waals surface area contributed by atoms with Gasteiger partial charge in [-0.15, -0.1) is 0 Å². The van der Waals surface area contributed by atoms with Crippen molar-refractivity contribution in [2.24, 2.45) is 4.99 Å². The topological polar surface area (TPSA) is 17.3 Å². The Morgan fingerprint density at radius 1 is 0.913 bits per heavy atom. The predicted molar refractivity (Wildman–Crippen MR) is 97.8 cm³/mol. The standard InChI is InChI=1S/C21H22N2/c1-2-8-21(9-3-1)23-13-12-17(16-23)15-22-20-11-10-18-6-4-5-7-19(18)14-20/h4-7,10-16,21H,1-3,8-9H2. The Bertz CT molecular complexity index is 822. The van der Waals surface area contributed by atoms with Crippen LogP contribution in [-0.2, 0) is 0 Å². The van der Waals surface area contributed by atoms with Crippen LogP contribution in [0.15, 0.2) is 65.9 Å². The second kappa shape index (κ2) is 6.41. The van der Waals surface area contributed by atoms with E-state index < -0.39 is 0 Å². The van der Waals surface area contributed by atoms with Crippen molar-refractivity contribution in [1.82, 2.24) is 4.57 Å². The molecule has 0 amide bonds. The summed E-state index contributed by atoms with van der Waals surface area (Å²) in [4.78, 5) is 4.65. The lowest BCUT2D eigenvalue weighted by atomic mass is 9.95. The van der Waals surface area contributed by atoms with Crippen molar-refractivity contribution < 1.29 is 0 Å². The van der Waals surface area contributed by atoms with Gasteiger partial charge in [0.25, 0.3) is 0 Å². The quantitative estimate of drug-likeness (QED) is 0.536. The fourth-order valence-corrected chi connectivity index (χ4v) is 3.52. The van der Waals surface area contributed by atoms with Gasteiger partial charge in [0, 0.05) is 30.2 Å². The zero-order chi connectivity index (χ0) is 15.5. The van der Waals surface area contributed by atoms with E-state index in [1.165, 1.54) is 48.4 Å². The van der Waals surface area contributed by atoms with Gasteiger partial charge in [0.15, 0.2) is 0 Å². The Morgan fingerprint density at radius 2 is 1.74 bits per heavy atom. The molecule has 1 aliphatic carbocycles. The van der Waals surface area contributed by atoms with Crippen LogP contribution in [0.4, 0.5) is 5.69 Å². The summed E-state index contributed by atoms with van der Waals surface area (Å²) in [5, 5.41) is 2.50. The van der Waals surface area contributed by atoms with Gasteiger partial charge in [0.05, 0.1) is 5.69 Å². The summed E-state index contributed by atoms with van der Waals surface area (Å²) in [6.07, 6.45) is 13.2. The molecule has 4 rings (SSSR count). The Hall–Kier alpha value is -2.35. The third-order valence-corrected chi connectivity index (χ3v) is 4.83. The Morgan fingerprint density at radius 3 is 2.61 bits per heavy atom. The van der Waals surface area contributed by atoms with E-state index in [1.807, 2.05) is 6.21 Å².